The predicted octanol–water partition coefficient (Wildman–Crippen LogP) is 1.03. The third-order valence-corrected chi connectivity index (χ3v) is 0.484. The zero-order chi connectivity index (χ0) is 8.20. The van der Waals surface area contributed by atoms with E-state index in [-0.39, 0.29) is 0 Å². The van der Waals surface area contributed by atoms with Gasteiger partial charge < -0.3 is 5.11 Å². The second-order valence-electron chi connectivity index (χ2n) is 1.40. The molecule has 0 unspecified atom stereocenters. The molecule has 2 nitrogen and oxygen atoms in total. The van der Waals surface area contributed by atoms with Crippen molar-refractivity contribution < 1.29 is 23.1 Å². The maximum absolute atomic E-state index is 11.2. The normalized spacial score (nSPS) is 9.90. The first-order chi connectivity index (χ1) is 4.42. The average molecular weight is 152 g/mol. The van der Waals surface area contributed by atoms with Gasteiger partial charge in [0.15, 0.2) is 0 Å². The molecule has 0 heterocycles. The van der Waals surface area contributed by atoms with Gasteiger partial charge in [-0.05, 0) is 0 Å². The summed E-state index contributed by atoms with van der Waals surface area (Å²) in [6.07, 6.45) is -5.78. The molecule has 5 heteroatoms. The van der Waals surface area contributed by atoms with Gasteiger partial charge in [0, 0.05) is 5.92 Å². The van der Waals surface area contributed by atoms with E-state index >= 15 is 0 Å². The molecule has 0 aromatic heterocycles. The highest BCUT2D eigenvalue weighted by Gasteiger charge is 2.25. The van der Waals surface area contributed by atoms with Gasteiger partial charge >= 0.3 is 12.1 Å². The van der Waals surface area contributed by atoms with Crippen LogP contribution in [0.5, 0.6) is 0 Å². The highest BCUT2D eigenvalue weighted by molar-refractivity contribution is 5.86. The van der Waals surface area contributed by atoms with Gasteiger partial charge in [-0.1, -0.05) is 5.92 Å². The van der Waals surface area contributed by atoms with Crippen molar-refractivity contribution in [3.8, 4) is 11.8 Å². The van der Waals surface area contributed by atoms with Gasteiger partial charge in [0.1, 0.15) is 6.42 Å². The third-order valence-electron chi connectivity index (χ3n) is 0.484. The predicted molar refractivity (Wildman–Crippen MR) is 26.1 cm³/mol. The Morgan fingerprint density at radius 1 is 1.50 bits per heavy atom. The summed E-state index contributed by atoms with van der Waals surface area (Å²) < 4.78 is 33.6. The number of carbonyl (C=O) groups is 1. The van der Waals surface area contributed by atoms with E-state index in [4.69, 9.17) is 5.11 Å². The van der Waals surface area contributed by atoms with Crippen LogP contribution in [0.1, 0.15) is 6.42 Å². The fraction of sp³-hybridized carbons (Fsp3) is 0.400. The summed E-state index contributed by atoms with van der Waals surface area (Å²) in [5.74, 6) is 1.25. The van der Waals surface area contributed by atoms with E-state index in [0.717, 1.165) is 0 Å². The molecule has 0 atom stereocenters. The van der Waals surface area contributed by atoms with Crippen LogP contribution < -0.4 is 0 Å². The standard InChI is InChI=1S/C5H3F3O2/c6-5(7,8)3-1-2-4(9)10/h3H2,(H,9,10). The van der Waals surface area contributed by atoms with Crippen LogP contribution in [-0.4, -0.2) is 17.3 Å². The van der Waals surface area contributed by atoms with E-state index in [9.17, 15) is 18.0 Å². The van der Waals surface area contributed by atoms with Gasteiger partial charge in [0.25, 0.3) is 0 Å². The number of halogens is 3. The number of alkyl halides is 3. The van der Waals surface area contributed by atoms with Crippen LogP contribution in [0.3, 0.4) is 0 Å². The average Bonchev–Trinajstić information content (AvgIpc) is 1.59. The summed E-state index contributed by atoms with van der Waals surface area (Å²) in [5.41, 5.74) is 0. The molecule has 0 aromatic rings. The minimum atomic E-state index is -4.40. The second-order valence-corrected chi connectivity index (χ2v) is 1.40. The maximum atomic E-state index is 11.2. The smallest absolute Gasteiger partial charge is 0.399 e. The van der Waals surface area contributed by atoms with Crippen molar-refractivity contribution in [1.29, 1.82) is 0 Å². The van der Waals surface area contributed by atoms with Crippen LogP contribution in [-0.2, 0) is 4.79 Å². The molecule has 56 valence electrons. The van der Waals surface area contributed by atoms with Crippen LogP contribution in [0.2, 0.25) is 0 Å². The van der Waals surface area contributed by atoms with Crippen LogP contribution in [0.4, 0.5) is 13.2 Å². The van der Waals surface area contributed by atoms with Crippen molar-refractivity contribution >= 4 is 5.97 Å². The Kier molecular flexibility index (Phi) is 2.74. The lowest BCUT2D eigenvalue weighted by Gasteiger charge is -1.96. The molecule has 0 aromatic carbocycles. The summed E-state index contributed by atoms with van der Waals surface area (Å²) in [4.78, 5) is 9.54. The third kappa shape index (κ3) is 6.82. The lowest BCUT2D eigenvalue weighted by molar-refractivity contribution is -0.130. The molecule has 0 saturated heterocycles. The van der Waals surface area contributed by atoms with E-state index < -0.39 is 18.6 Å². The minimum absolute atomic E-state index is 1.35. The molecule has 0 bridgehead atoms. The lowest BCUT2D eigenvalue weighted by atomic mass is 10.4. The Morgan fingerprint density at radius 3 is 2.30 bits per heavy atom. The summed E-state index contributed by atoms with van der Waals surface area (Å²) in [5, 5.41) is 7.77. The Labute approximate surface area is 54.7 Å². The molecule has 10 heavy (non-hydrogen) atoms. The Hall–Kier alpha value is -1.18. The van der Waals surface area contributed by atoms with Gasteiger partial charge in [-0.25, -0.2) is 4.79 Å². The van der Waals surface area contributed by atoms with Crippen molar-refractivity contribution in [1.82, 2.24) is 0 Å². The van der Waals surface area contributed by atoms with Gasteiger partial charge in [0.05, 0.1) is 0 Å². The zero-order valence-electron chi connectivity index (χ0n) is 4.70. The first-order valence-electron chi connectivity index (χ1n) is 2.20. The molecule has 1 N–H and O–H groups in total. The van der Waals surface area contributed by atoms with E-state index in [2.05, 4.69) is 0 Å². The summed E-state index contributed by atoms with van der Waals surface area (Å²) in [7, 11) is 0. The van der Waals surface area contributed by atoms with Crippen molar-refractivity contribution in [3.63, 3.8) is 0 Å². The Balaban J connectivity index is 3.78. The molecule has 0 rings (SSSR count). The van der Waals surface area contributed by atoms with Gasteiger partial charge in [-0.3, -0.25) is 0 Å². The quantitative estimate of drug-likeness (QED) is 0.526. The van der Waals surface area contributed by atoms with Crippen molar-refractivity contribution in [2.24, 2.45) is 0 Å². The maximum Gasteiger partial charge on any atom is 0.399 e. The molecule has 0 saturated carbocycles. The number of carboxylic acids is 1. The molecular weight excluding hydrogens is 149 g/mol. The number of hydrogen-bond donors (Lipinski definition) is 1. The van der Waals surface area contributed by atoms with E-state index in [1.54, 1.807) is 0 Å². The molecule has 0 radical (unpaired) electrons. The number of aliphatic carboxylic acids is 1. The van der Waals surface area contributed by atoms with E-state index in [0.29, 0.717) is 0 Å². The highest BCUT2D eigenvalue weighted by Crippen LogP contribution is 2.17. The fourth-order valence-corrected chi connectivity index (χ4v) is 0.220. The van der Waals surface area contributed by atoms with Crippen LogP contribution in [0.15, 0.2) is 0 Å². The Morgan fingerprint density at radius 2 is 2.00 bits per heavy atom. The molecular formula is C5H3F3O2. The number of rotatable bonds is 0. The molecule has 0 fully saturated rings. The van der Waals surface area contributed by atoms with E-state index in [1.165, 1.54) is 11.8 Å². The van der Waals surface area contributed by atoms with Crippen LogP contribution >= 0.6 is 0 Å². The molecule has 0 aliphatic rings. The zero-order valence-corrected chi connectivity index (χ0v) is 4.70. The van der Waals surface area contributed by atoms with Gasteiger partial charge in [-0.15, -0.1) is 0 Å². The summed E-state index contributed by atoms with van der Waals surface area (Å²) in [6, 6.07) is 0. The fourth-order valence-electron chi connectivity index (χ4n) is 0.220. The molecule has 0 spiro atoms. The summed E-state index contributed by atoms with van der Waals surface area (Å²) in [6.45, 7) is 0. The monoisotopic (exact) mass is 152 g/mol. The van der Waals surface area contributed by atoms with Gasteiger partial charge in [0.2, 0.25) is 0 Å². The molecule has 0 aliphatic carbocycles. The van der Waals surface area contributed by atoms with Crippen LogP contribution in [0.25, 0.3) is 0 Å². The molecule has 0 aliphatic heterocycles. The SMILES string of the molecule is O=C(O)C#CCC(F)(F)F. The van der Waals surface area contributed by atoms with Crippen molar-refractivity contribution in [3.05, 3.63) is 0 Å². The summed E-state index contributed by atoms with van der Waals surface area (Å²) >= 11 is 0. The number of hydrogen-bond acceptors (Lipinski definition) is 1. The van der Waals surface area contributed by atoms with E-state index in [1.807, 2.05) is 0 Å². The van der Waals surface area contributed by atoms with Gasteiger partial charge in [-0.2, -0.15) is 13.2 Å². The largest absolute Gasteiger partial charge is 0.472 e. The topological polar surface area (TPSA) is 37.3 Å². The van der Waals surface area contributed by atoms with Crippen LogP contribution in [0, 0.1) is 11.8 Å². The highest BCUT2D eigenvalue weighted by atomic mass is 19.4. The number of carboxylic acid groups (broad SMARTS) is 1. The van der Waals surface area contributed by atoms with Crippen molar-refractivity contribution in [2.45, 2.75) is 12.6 Å². The molecule has 0 amide bonds. The van der Waals surface area contributed by atoms with Crippen molar-refractivity contribution in [2.75, 3.05) is 0 Å². The Bertz CT molecular complexity index is 183. The minimum Gasteiger partial charge on any atom is -0.472 e. The lowest BCUT2D eigenvalue weighted by Crippen LogP contribution is -2.04. The second kappa shape index (κ2) is 3.11. The first-order valence-corrected chi connectivity index (χ1v) is 2.20. The first kappa shape index (κ1) is 8.82.